The van der Waals surface area contributed by atoms with E-state index in [2.05, 4.69) is 46.2 Å². The lowest BCUT2D eigenvalue weighted by molar-refractivity contribution is 0.344. The molecule has 0 aliphatic carbocycles. The van der Waals surface area contributed by atoms with Gasteiger partial charge in [0.2, 0.25) is 5.96 Å². The van der Waals surface area contributed by atoms with Crippen molar-refractivity contribution in [2.45, 2.75) is 18.9 Å². The molecule has 0 spiro atoms. The molecule has 4 aliphatic rings. The quantitative estimate of drug-likeness (QED) is 0.810. The van der Waals surface area contributed by atoms with Crippen LogP contribution in [0.3, 0.4) is 0 Å². The number of hydrogen-bond acceptors (Lipinski definition) is 6. The molecular weight excluding hydrogens is 338 g/mol. The van der Waals surface area contributed by atoms with Crippen LogP contribution in [0, 0.1) is 0 Å². The van der Waals surface area contributed by atoms with Crippen molar-refractivity contribution in [3.05, 3.63) is 47.7 Å². The van der Waals surface area contributed by atoms with E-state index in [9.17, 15) is 0 Å². The van der Waals surface area contributed by atoms with Gasteiger partial charge < -0.3 is 9.64 Å². The lowest BCUT2D eigenvalue weighted by Gasteiger charge is -2.35. The van der Waals surface area contributed by atoms with Gasteiger partial charge in [-0.2, -0.15) is 0 Å². The van der Waals surface area contributed by atoms with Gasteiger partial charge in [-0.15, -0.1) is 0 Å². The van der Waals surface area contributed by atoms with Gasteiger partial charge in [0.1, 0.15) is 11.6 Å². The van der Waals surface area contributed by atoms with E-state index in [0.717, 1.165) is 48.4 Å². The van der Waals surface area contributed by atoms with Gasteiger partial charge in [-0.25, -0.2) is 4.99 Å². The number of likely N-dealkylation sites (tertiary alicyclic amines) is 1. The van der Waals surface area contributed by atoms with Crippen LogP contribution >= 0.6 is 0 Å². The number of guanidine groups is 1. The molecule has 1 aromatic carbocycles. The Balaban J connectivity index is 1.53. The number of rotatable bonds is 2. The van der Waals surface area contributed by atoms with Crippen LogP contribution in [0.5, 0.6) is 5.75 Å². The maximum absolute atomic E-state index is 5.40. The molecule has 6 heteroatoms. The summed E-state index contributed by atoms with van der Waals surface area (Å²) >= 11 is 0. The lowest BCUT2D eigenvalue weighted by Crippen LogP contribution is -2.46. The molecule has 5 rings (SSSR count). The van der Waals surface area contributed by atoms with Gasteiger partial charge in [0.05, 0.1) is 19.3 Å². The Hall–Kier alpha value is -2.60. The molecular formula is C21H25N5O. The molecule has 0 aromatic heterocycles. The highest BCUT2D eigenvalue weighted by Gasteiger charge is 2.33. The van der Waals surface area contributed by atoms with Crippen molar-refractivity contribution < 1.29 is 4.74 Å². The van der Waals surface area contributed by atoms with E-state index in [1.807, 2.05) is 12.1 Å². The van der Waals surface area contributed by atoms with Crippen LogP contribution in [0.15, 0.2) is 52.1 Å². The summed E-state index contributed by atoms with van der Waals surface area (Å²) in [5, 5.41) is 0. The van der Waals surface area contributed by atoms with Gasteiger partial charge in [-0.3, -0.25) is 14.8 Å². The lowest BCUT2D eigenvalue weighted by atomic mass is 10.0. The van der Waals surface area contributed by atoms with E-state index in [1.165, 1.54) is 25.0 Å². The summed E-state index contributed by atoms with van der Waals surface area (Å²) in [7, 11) is 3.91. The van der Waals surface area contributed by atoms with Crippen LogP contribution in [0.2, 0.25) is 0 Å². The Kier molecular flexibility index (Phi) is 4.01. The van der Waals surface area contributed by atoms with Crippen LogP contribution < -0.4 is 4.74 Å². The van der Waals surface area contributed by atoms with Gasteiger partial charge in [-0.1, -0.05) is 12.2 Å². The first-order valence-electron chi connectivity index (χ1n) is 9.69. The second-order valence-corrected chi connectivity index (χ2v) is 7.47. The number of fused-ring (bicyclic) bond motifs is 3. The van der Waals surface area contributed by atoms with Gasteiger partial charge in [-0.05, 0) is 44.1 Å². The summed E-state index contributed by atoms with van der Waals surface area (Å²) in [6, 6.07) is 6.56. The fraction of sp³-hybridized carbons (Fsp3) is 0.429. The normalized spacial score (nSPS) is 24.4. The first-order chi connectivity index (χ1) is 13.2. The summed E-state index contributed by atoms with van der Waals surface area (Å²) < 4.78 is 5.40. The number of amidine groups is 1. The molecule has 4 heterocycles. The number of aliphatic imine (C=N–C) groups is 2. The van der Waals surface area contributed by atoms with E-state index in [-0.39, 0.29) is 0 Å². The Morgan fingerprint density at radius 1 is 1.22 bits per heavy atom. The Morgan fingerprint density at radius 2 is 2.15 bits per heavy atom. The molecule has 1 unspecified atom stereocenters. The second kappa shape index (κ2) is 6.53. The maximum atomic E-state index is 5.40. The van der Waals surface area contributed by atoms with Crippen molar-refractivity contribution in [1.29, 1.82) is 0 Å². The first-order valence-corrected chi connectivity index (χ1v) is 9.69. The minimum Gasteiger partial charge on any atom is -0.497 e. The van der Waals surface area contributed by atoms with Crippen molar-refractivity contribution in [2.75, 3.05) is 40.3 Å². The van der Waals surface area contributed by atoms with E-state index in [1.54, 1.807) is 7.11 Å². The zero-order valence-electron chi connectivity index (χ0n) is 15.9. The monoisotopic (exact) mass is 363 g/mol. The highest BCUT2D eigenvalue weighted by atomic mass is 16.5. The Bertz CT molecular complexity index is 885. The highest BCUT2D eigenvalue weighted by molar-refractivity contribution is 6.15. The molecule has 0 saturated carbocycles. The summed E-state index contributed by atoms with van der Waals surface area (Å²) in [6.45, 7) is 3.70. The molecule has 1 saturated heterocycles. The largest absolute Gasteiger partial charge is 0.497 e. The number of benzene rings is 1. The first kappa shape index (κ1) is 16.6. The van der Waals surface area contributed by atoms with Crippen molar-refractivity contribution in [3.63, 3.8) is 0 Å². The Labute approximate surface area is 160 Å². The van der Waals surface area contributed by atoms with Gasteiger partial charge >= 0.3 is 0 Å². The predicted octanol–water partition coefficient (Wildman–Crippen LogP) is 2.61. The topological polar surface area (TPSA) is 43.7 Å². The molecule has 140 valence electrons. The third kappa shape index (κ3) is 2.75. The number of methoxy groups -OCH3 is 1. The van der Waals surface area contributed by atoms with Crippen LogP contribution in [0.1, 0.15) is 18.4 Å². The fourth-order valence-corrected chi connectivity index (χ4v) is 4.43. The SMILES string of the molecule is COc1ccc2c(c1)N=C(N1C=C(C3CCCN3C)C=CC1)N1CCN=C21. The number of nitrogens with zero attached hydrogens (tertiary/aromatic N) is 5. The minimum absolute atomic E-state index is 0.507. The van der Waals surface area contributed by atoms with Crippen LogP contribution in [-0.4, -0.2) is 72.9 Å². The second-order valence-electron chi connectivity index (χ2n) is 7.47. The molecule has 1 fully saturated rings. The van der Waals surface area contributed by atoms with E-state index < -0.39 is 0 Å². The van der Waals surface area contributed by atoms with Crippen LogP contribution in [0.25, 0.3) is 0 Å². The zero-order valence-corrected chi connectivity index (χ0v) is 15.9. The molecule has 0 radical (unpaired) electrons. The average molecular weight is 363 g/mol. The Morgan fingerprint density at radius 3 is 2.96 bits per heavy atom. The molecule has 0 amide bonds. The number of hydrogen-bond donors (Lipinski definition) is 0. The van der Waals surface area contributed by atoms with Gasteiger partial charge in [0.25, 0.3) is 0 Å². The molecule has 6 nitrogen and oxygen atoms in total. The van der Waals surface area contributed by atoms with Crippen LogP contribution in [0.4, 0.5) is 5.69 Å². The van der Waals surface area contributed by atoms with Gasteiger partial charge in [0, 0.05) is 37.0 Å². The molecule has 1 aromatic rings. The molecule has 1 atom stereocenters. The summed E-state index contributed by atoms with van der Waals surface area (Å²) in [6.07, 6.45) is 9.31. The maximum Gasteiger partial charge on any atom is 0.212 e. The highest BCUT2D eigenvalue weighted by Crippen LogP contribution is 2.33. The van der Waals surface area contributed by atoms with Crippen molar-refractivity contribution >= 4 is 17.5 Å². The molecule has 27 heavy (non-hydrogen) atoms. The standard InChI is InChI=1S/C21H25N5O/c1-24-10-4-6-19(24)15-5-3-11-25(14-15)21-23-18-13-16(27-2)7-8-17(18)20-22-9-12-26(20)21/h3,5,7-8,13-14,19H,4,6,9-12H2,1-2H3. The third-order valence-corrected chi connectivity index (χ3v) is 5.83. The molecule has 0 bridgehead atoms. The van der Waals surface area contributed by atoms with E-state index in [4.69, 9.17) is 14.7 Å². The van der Waals surface area contributed by atoms with Crippen molar-refractivity contribution in [1.82, 2.24) is 14.7 Å². The smallest absolute Gasteiger partial charge is 0.212 e. The summed E-state index contributed by atoms with van der Waals surface area (Å²) in [5.74, 6) is 2.82. The molecule has 0 N–H and O–H groups in total. The summed E-state index contributed by atoms with van der Waals surface area (Å²) in [4.78, 5) is 16.7. The number of ether oxygens (including phenoxy) is 1. The van der Waals surface area contributed by atoms with E-state index >= 15 is 0 Å². The third-order valence-electron chi connectivity index (χ3n) is 5.83. The van der Waals surface area contributed by atoms with E-state index in [0.29, 0.717) is 6.04 Å². The fourth-order valence-electron chi connectivity index (χ4n) is 4.43. The average Bonchev–Trinajstić information content (AvgIpc) is 3.36. The van der Waals surface area contributed by atoms with Gasteiger partial charge in [0.15, 0.2) is 0 Å². The van der Waals surface area contributed by atoms with Crippen molar-refractivity contribution in [3.8, 4) is 5.75 Å². The predicted molar refractivity (Wildman–Crippen MR) is 108 cm³/mol. The van der Waals surface area contributed by atoms with Crippen molar-refractivity contribution in [2.24, 2.45) is 9.98 Å². The zero-order chi connectivity index (χ0) is 18.4. The number of likely N-dealkylation sites (N-methyl/N-ethyl adjacent to an activating group) is 1. The molecule has 4 aliphatic heterocycles. The van der Waals surface area contributed by atoms with Crippen LogP contribution in [-0.2, 0) is 0 Å². The minimum atomic E-state index is 0.507. The summed E-state index contributed by atoms with van der Waals surface area (Å²) in [5.41, 5.74) is 3.39.